The van der Waals surface area contributed by atoms with E-state index in [1.165, 1.54) is 0 Å². The molecule has 0 saturated carbocycles. The zero-order valence-electron chi connectivity index (χ0n) is 14.2. The Balaban J connectivity index is 1.97. The van der Waals surface area contributed by atoms with E-state index in [-0.39, 0.29) is 17.7 Å². The van der Waals surface area contributed by atoms with E-state index in [1.54, 1.807) is 7.11 Å². The normalized spacial score (nSPS) is 15.5. The number of carbonyl (C=O) groups is 2. The molecule has 126 valence electrons. The van der Waals surface area contributed by atoms with Crippen molar-refractivity contribution in [1.82, 2.24) is 9.80 Å². The van der Waals surface area contributed by atoms with Gasteiger partial charge < -0.3 is 14.5 Å². The highest BCUT2D eigenvalue weighted by Crippen LogP contribution is 2.19. The number of carbonyl (C=O) groups excluding carboxylic acids is 2. The first kappa shape index (κ1) is 17.3. The smallest absolute Gasteiger partial charge is 0.227 e. The lowest BCUT2D eigenvalue weighted by atomic mass is 10.1. The van der Waals surface area contributed by atoms with Gasteiger partial charge in [-0.05, 0) is 12.5 Å². The second-order valence-electron chi connectivity index (χ2n) is 6.20. The van der Waals surface area contributed by atoms with E-state index in [2.05, 4.69) is 0 Å². The van der Waals surface area contributed by atoms with Crippen molar-refractivity contribution in [2.75, 3.05) is 33.3 Å². The van der Waals surface area contributed by atoms with Gasteiger partial charge in [0.15, 0.2) is 0 Å². The summed E-state index contributed by atoms with van der Waals surface area (Å²) in [5.74, 6) is 1.01. The van der Waals surface area contributed by atoms with Crippen LogP contribution in [-0.4, -0.2) is 54.9 Å². The third kappa shape index (κ3) is 4.47. The van der Waals surface area contributed by atoms with Crippen LogP contribution in [0, 0.1) is 5.92 Å². The minimum Gasteiger partial charge on any atom is -0.496 e. The molecule has 0 bridgehead atoms. The van der Waals surface area contributed by atoms with Gasteiger partial charge >= 0.3 is 0 Å². The van der Waals surface area contributed by atoms with Crippen molar-refractivity contribution in [3.63, 3.8) is 0 Å². The summed E-state index contributed by atoms with van der Waals surface area (Å²) >= 11 is 0. The van der Waals surface area contributed by atoms with Gasteiger partial charge in [-0.1, -0.05) is 32.0 Å². The van der Waals surface area contributed by atoms with Gasteiger partial charge in [-0.2, -0.15) is 0 Å². The predicted octanol–water partition coefficient (Wildman–Crippen LogP) is 1.95. The van der Waals surface area contributed by atoms with Crippen LogP contribution < -0.4 is 4.74 Å². The van der Waals surface area contributed by atoms with Crippen LogP contribution >= 0.6 is 0 Å². The molecule has 0 unspecified atom stereocenters. The van der Waals surface area contributed by atoms with Gasteiger partial charge in [0.1, 0.15) is 5.75 Å². The Labute approximate surface area is 138 Å². The van der Waals surface area contributed by atoms with Gasteiger partial charge in [0.25, 0.3) is 0 Å². The Hall–Kier alpha value is -2.04. The second-order valence-corrected chi connectivity index (χ2v) is 6.20. The molecule has 1 aromatic carbocycles. The molecule has 0 radical (unpaired) electrons. The van der Waals surface area contributed by atoms with Gasteiger partial charge in [-0.25, -0.2) is 0 Å². The molecule has 2 rings (SSSR count). The van der Waals surface area contributed by atoms with Crippen LogP contribution in [0.4, 0.5) is 0 Å². The maximum absolute atomic E-state index is 12.6. The SMILES string of the molecule is COc1ccccc1CC(=O)N1CCCN(C(=O)C(C)C)CC1. The van der Waals surface area contributed by atoms with Gasteiger partial charge in [0.2, 0.25) is 11.8 Å². The maximum atomic E-state index is 12.6. The fraction of sp³-hybridized carbons (Fsp3) is 0.556. The fourth-order valence-corrected chi connectivity index (χ4v) is 2.88. The number of hydrogen-bond acceptors (Lipinski definition) is 3. The van der Waals surface area contributed by atoms with Crippen LogP contribution in [0.5, 0.6) is 5.75 Å². The summed E-state index contributed by atoms with van der Waals surface area (Å²) < 4.78 is 5.31. The van der Waals surface area contributed by atoms with Crippen molar-refractivity contribution in [3.05, 3.63) is 29.8 Å². The molecule has 0 atom stereocenters. The van der Waals surface area contributed by atoms with E-state index in [1.807, 2.05) is 47.9 Å². The molecule has 0 spiro atoms. The summed E-state index contributed by atoms with van der Waals surface area (Å²) in [6, 6.07) is 7.60. The Morgan fingerprint density at radius 1 is 1.09 bits per heavy atom. The lowest BCUT2D eigenvalue weighted by molar-refractivity contribution is -0.135. The van der Waals surface area contributed by atoms with Crippen LogP contribution in [-0.2, 0) is 16.0 Å². The number of para-hydroxylation sites is 1. The average Bonchev–Trinajstić information content (AvgIpc) is 2.80. The second kappa shape index (κ2) is 7.99. The van der Waals surface area contributed by atoms with Crippen molar-refractivity contribution in [3.8, 4) is 5.75 Å². The third-order valence-electron chi connectivity index (χ3n) is 4.19. The van der Waals surface area contributed by atoms with Crippen LogP contribution in [0.3, 0.4) is 0 Å². The number of rotatable bonds is 4. The standard InChI is InChI=1S/C18H26N2O3/c1-14(2)18(22)20-10-6-9-19(11-12-20)17(21)13-15-7-4-5-8-16(15)23-3/h4-5,7-8,14H,6,9-13H2,1-3H3. The van der Waals surface area contributed by atoms with E-state index in [4.69, 9.17) is 4.74 Å². The number of hydrogen-bond donors (Lipinski definition) is 0. The molecule has 5 heteroatoms. The summed E-state index contributed by atoms with van der Waals surface area (Å²) in [6.45, 7) is 6.49. The number of amides is 2. The highest BCUT2D eigenvalue weighted by Gasteiger charge is 2.23. The van der Waals surface area contributed by atoms with Crippen LogP contribution in [0.25, 0.3) is 0 Å². The summed E-state index contributed by atoms with van der Waals surface area (Å²) in [5.41, 5.74) is 0.902. The van der Waals surface area contributed by atoms with Gasteiger partial charge in [0, 0.05) is 37.7 Å². The Bertz CT molecular complexity index is 557. The Kier molecular flexibility index (Phi) is 6.02. The van der Waals surface area contributed by atoms with Gasteiger partial charge in [0.05, 0.1) is 13.5 Å². The first-order valence-electron chi connectivity index (χ1n) is 8.21. The minimum absolute atomic E-state index is 0.00540. The zero-order chi connectivity index (χ0) is 16.8. The van der Waals surface area contributed by atoms with Crippen molar-refractivity contribution in [2.24, 2.45) is 5.92 Å². The number of ether oxygens (including phenoxy) is 1. The van der Waals surface area contributed by atoms with E-state index >= 15 is 0 Å². The average molecular weight is 318 g/mol. The van der Waals surface area contributed by atoms with E-state index in [0.717, 1.165) is 24.3 Å². The molecule has 0 aliphatic carbocycles. The summed E-state index contributed by atoms with van der Waals surface area (Å²) in [5, 5.41) is 0. The Morgan fingerprint density at radius 2 is 1.74 bits per heavy atom. The first-order valence-corrected chi connectivity index (χ1v) is 8.21. The summed E-state index contributed by atoms with van der Waals surface area (Å²) in [6.07, 6.45) is 1.16. The highest BCUT2D eigenvalue weighted by atomic mass is 16.5. The topological polar surface area (TPSA) is 49.9 Å². The van der Waals surface area contributed by atoms with Crippen LogP contribution in [0.1, 0.15) is 25.8 Å². The molecular formula is C18H26N2O3. The zero-order valence-corrected chi connectivity index (χ0v) is 14.2. The molecule has 1 heterocycles. The molecule has 1 aromatic rings. The molecule has 0 N–H and O–H groups in total. The molecule has 1 aliphatic rings. The summed E-state index contributed by atoms with van der Waals surface area (Å²) in [4.78, 5) is 28.4. The van der Waals surface area contributed by atoms with E-state index in [0.29, 0.717) is 26.1 Å². The van der Waals surface area contributed by atoms with Crippen molar-refractivity contribution in [2.45, 2.75) is 26.7 Å². The number of methoxy groups -OCH3 is 1. The van der Waals surface area contributed by atoms with Crippen molar-refractivity contribution >= 4 is 11.8 Å². The molecule has 2 amide bonds. The lowest BCUT2D eigenvalue weighted by Crippen LogP contribution is -2.39. The predicted molar refractivity (Wildman–Crippen MR) is 89.3 cm³/mol. The quantitative estimate of drug-likeness (QED) is 0.852. The number of nitrogens with zero attached hydrogens (tertiary/aromatic N) is 2. The van der Waals surface area contributed by atoms with Crippen LogP contribution in [0.15, 0.2) is 24.3 Å². The van der Waals surface area contributed by atoms with Crippen molar-refractivity contribution < 1.29 is 14.3 Å². The number of benzene rings is 1. The molecule has 23 heavy (non-hydrogen) atoms. The third-order valence-corrected chi connectivity index (χ3v) is 4.19. The van der Waals surface area contributed by atoms with E-state index < -0.39 is 0 Å². The fourth-order valence-electron chi connectivity index (χ4n) is 2.88. The van der Waals surface area contributed by atoms with Gasteiger partial charge in [-0.3, -0.25) is 9.59 Å². The molecular weight excluding hydrogens is 292 g/mol. The Morgan fingerprint density at radius 3 is 2.43 bits per heavy atom. The molecule has 0 aromatic heterocycles. The van der Waals surface area contributed by atoms with Crippen molar-refractivity contribution in [1.29, 1.82) is 0 Å². The van der Waals surface area contributed by atoms with Gasteiger partial charge in [-0.15, -0.1) is 0 Å². The van der Waals surface area contributed by atoms with E-state index in [9.17, 15) is 9.59 Å². The largest absolute Gasteiger partial charge is 0.496 e. The molecule has 5 nitrogen and oxygen atoms in total. The first-order chi connectivity index (χ1) is 11.0. The molecule has 1 aliphatic heterocycles. The molecule has 1 saturated heterocycles. The molecule has 1 fully saturated rings. The van der Waals surface area contributed by atoms with Crippen LogP contribution in [0.2, 0.25) is 0 Å². The maximum Gasteiger partial charge on any atom is 0.227 e. The minimum atomic E-state index is 0.00540. The summed E-state index contributed by atoms with van der Waals surface area (Å²) in [7, 11) is 1.62. The lowest BCUT2D eigenvalue weighted by Gasteiger charge is -2.23. The highest BCUT2D eigenvalue weighted by molar-refractivity contribution is 5.80. The monoisotopic (exact) mass is 318 g/mol.